The first-order valence-corrected chi connectivity index (χ1v) is 7.77. The van der Waals surface area contributed by atoms with Crippen LogP contribution in [0.25, 0.3) is 0 Å². The van der Waals surface area contributed by atoms with Crippen LogP contribution in [0.15, 0.2) is 24.5 Å². The smallest absolute Gasteiger partial charge is 0.211 e. The van der Waals surface area contributed by atoms with Crippen molar-refractivity contribution >= 4 is 10.0 Å². The van der Waals surface area contributed by atoms with Gasteiger partial charge in [0.05, 0.1) is 5.75 Å². The Balaban J connectivity index is 1.81. The molecule has 0 aliphatic heterocycles. The van der Waals surface area contributed by atoms with Gasteiger partial charge in [0.15, 0.2) is 0 Å². The molecule has 1 aliphatic carbocycles. The molecule has 1 saturated carbocycles. The number of nitrogens with one attached hydrogen (secondary N) is 1. The van der Waals surface area contributed by atoms with Gasteiger partial charge in [-0.2, -0.15) is 0 Å². The molecule has 0 atom stereocenters. The van der Waals surface area contributed by atoms with Gasteiger partial charge in [0, 0.05) is 18.9 Å². The lowest BCUT2D eigenvalue weighted by Gasteiger charge is -2.13. The number of hydrogen-bond acceptors (Lipinski definition) is 4. The third kappa shape index (κ3) is 3.76. The molecule has 2 rings (SSSR count). The lowest BCUT2D eigenvalue weighted by Crippen LogP contribution is -2.35. The van der Waals surface area contributed by atoms with E-state index in [1.807, 2.05) is 12.1 Å². The molecule has 3 N–H and O–H groups in total. The SMILES string of the molecule is NCC1(CNS(=O)(=O)CCc2ccncc2)CC1. The summed E-state index contributed by atoms with van der Waals surface area (Å²) in [6.45, 7) is 1.03. The molecule has 1 aliphatic rings. The topological polar surface area (TPSA) is 85.1 Å². The van der Waals surface area contributed by atoms with Gasteiger partial charge in [-0.25, -0.2) is 13.1 Å². The molecule has 1 heterocycles. The highest BCUT2D eigenvalue weighted by molar-refractivity contribution is 7.89. The van der Waals surface area contributed by atoms with Crippen LogP contribution in [0.3, 0.4) is 0 Å². The van der Waals surface area contributed by atoms with E-state index >= 15 is 0 Å². The molecular weight excluding hydrogens is 250 g/mol. The molecule has 0 spiro atoms. The van der Waals surface area contributed by atoms with E-state index in [2.05, 4.69) is 9.71 Å². The van der Waals surface area contributed by atoms with E-state index in [0.29, 0.717) is 19.5 Å². The average molecular weight is 269 g/mol. The number of aryl methyl sites for hydroxylation is 1. The molecule has 0 amide bonds. The van der Waals surface area contributed by atoms with Gasteiger partial charge < -0.3 is 5.73 Å². The summed E-state index contributed by atoms with van der Waals surface area (Å²) in [5.74, 6) is 0.109. The number of nitrogens with two attached hydrogens (primary N) is 1. The van der Waals surface area contributed by atoms with Crippen LogP contribution in [0.2, 0.25) is 0 Å². The van der Waals surface area contributed by atoms with Gasteiger partial charge >= 0.3 is 0 Å². The first-order valence-electron chi connectivity index (χ1n) is 6.12. The lowest BCUT2D eigenvalue weighted by atomic mass is 10.1. The number of hydrogen-bond donors (Lipinski definition) is 2. The van der Waals surface area contributed by atoms with Gasteiger partial charge in [-0.05, 0) is 48.9 Å². The van der Waals surface area contributed by atoms with Crippen LogP contribution in [-0.2, 0) is 16.4 Å². The molecular formula is C12H19N3O2S. The molecule has 1 fully saturated rings. The van der Waals surface area contributed by atoms with Crippen molar-refractivity contribution in [2.45, 2.75) is 19.3 Å². The third-order valence-corrected chi connectivity index (χ3v) is 4.79. The van der Waals surface area contributed by atoms with Crippen LogP contribution in [0.1, 0.15) is 18.4 Å². The molecule has 0 bridgehead atoms. The molecule has 6 heteroatoms. The Morgan fingerprint density at radius 3 is 2.56 bits per heavy atom. The van der Waals surface area contributed by atoms with E-state index in [-0.39, 0.29) is 11.2 Å². The van der Waals surface area contributed by atoms with Gasteiger partial charge in [0.25, 0.3) is 0 Å². The Labute approximate surface area is 108 Å². The van der Waals surface area contributed by atoms with Crippen LogP contribution in [0.5, 0.6) is 0 Å². The van der Waals surface area contributed by atoms with Crippen LogP contribution in [-0.4, -0.2) is 32.2 Å². The molecule has 0 saturated heterocycles. The van der Waals surface area contributed by atoms with Crippen molar-refractivity contribution < 1.29 is 8.42 Å². The van der Waals surface area contributed by atoms with Crippen molar-refractivity contribution in [1.29, 1.82) is 0 Å². The predicted octanol–water partition coefficient (Wildman–Crippen LogP) is 0.282. The summed E-state index contributed by atoms with van der Waals surface area (Å²) in [7, 11) is -3.21. The Hall–Kier alpha value is -0.980. The summed E-state index contributed by atoms with van der Waals surface area (Å²) in [4.78, 5) is 3.90. The second-order valence-electron chi connectivity index (χ2n) is 4.95. The van der Waals surface area contributed by atoms with Crippen molar-refractivity contribution in [1.82, 2.24) is 9.71 Å². The van der Waals surface area contributed by atoms with Crippen LogP contribution in [0, 0.1) is 5.41 Å². The molecule has 1 aromatic rings. The van der Waals surface area contributed by atoms with Crippen LogP contribution >= 0.6 is 0 Å². The van der Waals surface area contributed by atoms with Gasteiger partial charge in [0.1, 0.15) is 0 Å². The Kier molecular flexibility index (Phi) is 3.99. The van der Waals surface area contributed by atoms with Gasteiger partial charge in [-0.3, -0.25) is 4.98 Å². The fourth-order valence-corrected chi connectivity index (χ4v) is 2.94. The summed E-state index contributed by atoms with van der Waals surface area (Å²) in [6, 6.07) is 3.66. The number of aromatic nitrogens is 1. The first kappa shape index (κ1) is 13.5. The molecule has 100 valence electrons. The van der Waals surface area contributed by atoms with Crippen molar-refractivity contribution in [2.75, 3.05) is 18.8 Å². The minimum absolute atomic E-state index is 0.0315. The quantitative estimate of drug-likeness (QED) is 0.744. The summed E-state index contributed by atoms with van der Waals surface area (Å²) in [5, 5.41) is 0. The maximum atomic E-state index is 11.8. The summed E-state index contributed by atoms with van der Waals surface area (Å²) >= 11 is 0. The number of rotatable bonds is 7. The van der Waals surface area contributed by atoms with Crippen molar-refractivity contribution in [3.63, 3.8) is 0 Å². The molecule has 18 heavy (non-hydrogen) atoms. The highest BCUT2D eigenvalue weighted by Gasteiger charge is 2.41. The monoisotopic (exact) mass is 269 g/mol. The Morgan fingerprint density at radius 1 is 1.33 bits per heavy atom. The molecule has 0 aromatic carbocycles. The lowest BCUT2D eigenvalue weighted by molar-refractivity contribution is 0.500. The average Bonchev–Trinajstić information content (AvgIpc) is 3.17. The van der Waals surface area contributed by atoms with E-state index in [9.17, 15) is 8.42 Å². The van der Waals surface area contributed by atoms with E-state index in [4.69, 9.17) is 5.73 Å². The van der Waals surface area contributed by atoms with E-state index < -0.39 is 10.0 Å². The van der Waals surface area contributed by atoms with Crippen molar-refractivity contribution in [3.05, 3.63) is 30.1 Å². The minimum atomic E-state index is -3.21. The fraction of sp³-hybridized carbons (Fsp3) is 0.583. The summed E-state index contributed by atoms with van der Waals surface area (Å²) < 4.78 is 26.3. The molecule has 0 unspecified atom stereocenters. The van der Waals surface area contributed by atoms with E-state index in [1.165, 1.54) is 0 Å². The maximum Gasteiger partial charge on any atom is 0.211 e. The molecule has 1 aromatic heterocycles. The number of sulfonamides is 1. The van der Waals surface area contributed by atoms with Gasteiger partial charge in [-0.15, -0.1) is 0 Å². The van der Waals surface area contributed by atoms with Crippen molar-refractivity contribution in [2.24, 2.45) is 11.1 Å². The predicted molar refractivity (Wildman–Crippen MR) is 70.5 cm³/mol. The standard InChI is InChI=1S/C12H19N3O2S/c13-9-12(4-5-12)10-15-18(16,17)8-3-11-1-6-14-7-2-11/h1-2,6-7,15H,3-5,8-10,13H2. The summed E-state index contributed by atoms with van der Waals surface area (Å²) in [5.41, 5.74) is 6.63. The largest absolute Gasteiger partial charge is 0.330 e. The highest BCUT2D eigenvalue weighted by atomic mass is 32.2. The normalized spacial score (nSPS) is 17.6. The van der Waals surface area contributed by atoms with Crippen LogP contribution < -0.4 is 10.5 Å². The van der Waals surface area contributed by atoms with Crippen molar-refractivity contribution in [3.8, 4) is 0 Å². The second-order valence-corrected chi connectivity index (χ2v) is 6.88. The molecule has 5 nitrogen and oxygen atoms in total. The second kappa shape index (κ2) is 5.34. The maximum absolute atomic E-state index is 11.8. The minimum Gasteiger partial charge on any atom is -0.330 e. The van der Waals surface area contributed by atoms with E-state index in [0.717, 1.165) is 18.4 Å². The fourth-order valence-electron chi connectivity index (χ4n) is 1.77. The van der Waals surface area contributed by atoms with Crippen LogP contribution in [0.4, 0.5) is 0 Å². The van der Waals surface area contributed by atoms with Gasteiger partial charge in [-0.1, -0.05) is 0 Å². The Morgan fingerprint density at radius 2 is 2.00 bits per heavy atom. The summed E-state index contributed by atoms with van der Waals surface area (Å²) in [6.07, 6.45) is 5.90. The third-order valence-electron chi connectivity index (χ3n) is 3.47. The zero-order chi connectivity index (χ0) is 13.1. The number of nitrogens with zero attached hydrogens (tertiary/aromatic N) is 1. The van der Waals surface area contributed by atoms with E-state index in [1.54, 1.807) is 12.4 Å². The Bertz CT molecular complexity index is 483. The zero-order valence-corrected chi connectivity index (χ0v) is 11.1. The highest BCUT2D eigenvalue weighted by Crippen LogP contribution is 2.43. The molecule has 0 radical (unpaired) electrons. The number of pyridine rings is 1. The first-order chi connectivity index (χ1) is 8.55. The van der Waals surface area contributed by atoms with Gasteiger partial charge in [0.2, 0.25) is 10.0 Å². The zero-order valence-electron chi connectivity index (χ0n) is 10.3.